The van der Waals surface area contributed by atoms with Gasteiger partial charge in [0.2, 0.25) is 11.8 Å². The highest BCUT2D eigenvalue weighted by Gasteiger charge is 2.23. The first-order valence-electron chi connectivity index (χ1n) is 6.64. The number of carbonyl (C=O) groups excluding carboxylic acids is 3. The van der Waals surface area contributed by atoms with Crippen LogP contribution in [-0.2, 0) is 9.59 Å². The minimum atomic E-state index is -0.479. The van der Waals surface area contributed by atoms with Crippen LogP contribution >= 0.6 is 0 Å². The van der Waals surface area contributed by atoms with Crippen molar-refractivity contribution in [1.29, 1.82) is 0 Å². The largest absolute Gasteiger partial charge is 0.352 e. The second kappa shape index (κ2) is 6.83. The molecule has 0 unspecified atom stereocenters. The Hall–Kier alpha value is -2.44. The molecule has 6 nitrogen and oxygen atoms in total. The number of hydrogen-bond donors (Lipinski definition) is 3. The summed E-state index contributed by atoms with van der Waals surface area (Å²) in [6.07, 6.45) is 1.96. The van der Waals surface area contributed by atoms with Gasteiger partial charge in [-0.1, -0.05) is 0 Å². The summed E-state index contributed by atoms with van der Waals surface area (Å²) in [4.78, 5) is 34.5. The smallest absolute Gasteiger partial charge is 0.251 e. The van der Waals surface area contributed by atoms with Crippen molar-refractivity contribution >= 4 is 17.7 Å². The standard InChI is InChI=1S/C14H16FN3O3/c15-10-3-1-9(2-4-10)14(21)17-7-12(19)16-8-13(20)18-11-5-6-11/h1-4,11H,5-8H2,(H,16,19)(H,17,21)(H,18,20). The van der Waals surface area contributed by atoms with Gasteiger partial charge in [0.1, 0.15) is 5.82 Å². The van der Waals surface area contributed by atoms with E-state index in [0.717, 1.165) is 25.0 Å². The first-order valence-corrected chi connectivity index (χ1v) is 6.64. The zero-order chi connectivity index (χ0) is 15.2. The number of halogens is 1. The molecule has 0 aromatic heterocycles. The van der Waals surface area contributed by atoms with Crippen LogP contribution in [0.2, 0.25) is 0 Å². The lowest BCUT2D eigenvalue weighted by atomic mass is 10.2. The van der Waals surface area contributed by atoms with E-state index >= 15 is 0 Å². The van der Waals surface area contributed by atoms with Crippen LogP contribution in [0.3, 0.4) is 0 Å². The first kappa shape index (κ1) is 15.0. The predicted molar refractivity (Wildman–Crippen MR) is 72.9 cm³/mol. The maximum Gasteiger partial charge on any atom is 0.251 e. The highest BCUT2D eigenvalue weighted by molar-refractivity contribution is 5.96. The van der Waals surface area contributed by atoms with E-state index in [1.54, 1.807) is 0 Å². The Labute approximate surface area is 121 Å². The van der Waals surface area contributed by atoms with Gasteiger partial charge in [-0.2, -0.15) is 0 Å². The molecule has 1 saturated carbocycles. The van der Waals surface area contributed by atoms with Crippen LogP contribution in [0, 0.1) is 5.82 Å². The maximum atomic E-state index is 12.7. The van der Waals surface area contributed by atoms with Crippen LogP contribution in [0.4, 0.5) is 4.39 Å². The second-order valence-corrected chi connectivity index (χ2v) is 4.81. The molecular weight excluding hydrogens is 277 g/mol. The lowest BCUT2D eigenvalue weighted by molar-refractivity contribution is -0.125. The monoisotopic (exact) mass is 293 g/mol. The van der Waals surface area contributed by atoms with Gasteiger partial charge in [0.25, 0.3) is 5.91 Å². The van der Waals surface area contributed by atoms with Gasteiger partial charge in [0.05, 0.1) is 13.1 Å². The van der Waals surface area contributed by atoms with Gasteiger partial charge in [0, 0.05) is 11.6 Å². The first-order chi connectivity index (χ1) is 10.0. The third kappa shape index (κ3) is 5.21. The summed E-state index contributed by atoms with van der Waals surface area (Å²) in [6, 6.07) is 5.22. The Morgan fingerprint density at radius 2 is 1.62 bits per heavy atom. The average molecular weight is 293 g/mol. The van der Waals surface area contributed by atoms with Gasteiger partial charge in [-0.3, -0.25) is 14.4 Å². The minimum absolute atomic E-state index is 0.109. The van der Waals surface area contributed by atoms with E-state index in [9.17, 15) is 18.8 Å². The SMILES string of the molecule is O=C(CNC(=O)c1ccc(F)cc1)NCC(=O)NC1CC1. The van der Waals surface area contributed by atoms with Gasteiger partial charge >= 0.3 is 0 Å². The molecule has 1 aromatic carbocycles. The topological polar surface area (TPSA) is 87.3 Å². The van der Waals surface area contributed by atoms with Crippen molar-refractivity contribution in [2.45, 2.75) is 18.9 Å². The van der Waals surface area contributed by atoms with Crippen LogP contribution < -0.4 is 16.0 Å². The van der Waals surface area contributed by atoms with Crippen LogP contribution in [0.1, 0.15) is 23.2 Å². The molecule has 21 heavy (non-hydrogen) atoms. The molecule has 0 atom stereocenters. The lowest BCUT2D eigenvalue weighted by Crippen LogP contribution is -2.42. The Balaban J connectivity index is 1.66. The molecule has 0 bridgehead atoms. The summed E-state index contributed by atoms with van der Waals surface area (Å²) in [7, 11) is 0. The average Bonchev–Trinajstić information content (AvgIpc) is 3.27. The maximum absolute atomic E-state index is 12.7. The van der Waals surface area contributed by atoms with Crippen LogP contribution in [0.15, 0.2) is 24.3 Å². The number of hydrogen-bond acceptors (Lipinski definition) is 3. The van der Waals surface area contributed by atoms with Gasteiger partial charge in [-0.15, -0.1) is 0 Å². The summed E-state index contributed by atoms with van der Waals surface area (Å²) >= 11 is 0. The Morgan fingerprint density at radius 1 is 1.00 bits per heavy atom. The summed E-state index contributed by atoms with van der Waals surface area (Å²) < 4.78 is 12.7. The molecule has 0 radical (unpaired) electrons. The van der Waals surface area contributed by atoms with Gasteiger partial charge in [0.15, 0.2) is 0 Å². The quantitative estimate of drug-likeness (QED) is 0.687. The summed E-state index contributed by atoms with van der Waals surface area (Å²) in [5, 5.41) is 7.52. The van der Waals surface area contributed by atoms with Gasteiger partial charge < -0.3 is 16.0 Å². The number of amides is 3. The van der Waals surface area contributed by atoms with Crippen LogP contribution in [-0.4, -0.2) is 36.9 Å². The Kier molecular flexibility index (Phi) is 4.86. The number of rotatable bonds is 6. The summed E-state index contributed by atoms with van der Waals surface area (Å²) in [5.74, 6) is -1.62. The molecule has 1 aliphatic carbocycles. The third-order valence-corrected chi connectivity index (χ3v) is 2.90. The van der Waals surface area contributed by atoms with Gasteiger partial charge in [-0.05, 0) is 37.1 Å². The van der Waals surface area contributed by atoms with Crippen molar-refractivity contribution in [2.75, 3.05) is 13.1 Å². The fourth-order valence-corrected chi connectivity index (χ4v) is 1.61. The van der Waals surface area contributed by atoms with E-state index in [-0.39, 0.29) is 30.6 Å². The fourth-order valence-electron chi connectivity index (χ4n) is 1.61. The molecule has 1 fully saturated rings. The Morgan fingerprint density at radius 3 is 2.24 bits per heavy atom. The van der Waals surface area contributed by atoms with Gasteiger partial charge in [-0.25, -0.2) is 4.39 Å². The molecule has 0 heterocycles. The third-order valence-electron chi connectivity index (χ3n) is 2.90. The normalized spacial score (nSPS) is 13.4. The molecular formula is C14H16FN3O3. The van der Waals surface area contributed by atoms with Crippen molar-refractivity contribution < 1.29 is 18.8 Å². The highest BCUT2D eigenvalue weighted by atomic mass is 19.1. The van der Waals surface area contributed by atoms with E-state index in [0.29, 0.717) is 0 Å². The molecule has 0 spiro atoms. The van der Waals surface area contributed by atoms with E-state index in [2.05, 4.69) is 16.0 Å². The zero-order valence-electron chi connectivity index (χ0n) is 11.3. The number of benzene rings is 1. The second-order valence-electron chi connectivity index (χ2n) is 4.81. The molecule has 2 rings (SSSR count). The predicted octanol–water partition coefficient (Wildman–Crippen LogP) is -0.0497. The summed E-state index contributed by atoms with van der Waals surface area (Å²) in [6.45, 7) is -0.353. The van der Waals surface area contributed by atoms with Crippen molar-refractivity contribution in [3.63, 3.8) is 0 Å². The number of nitrogens with one attached hydrogen (secondary N) is 3. The molecule has 3 amide bonds. The molecule has 0 aliphatic heterocycles. The van der Waals surface area contributed by atoms with Crippen molar-refractivity contribution in [1.82, 2.24) is 16.0 Å². The molecule has 3 N–H and O–H groups in total. The van der Waals surface area contributed by atoms with E-state index in [1.807, 2.05) is 0 Å². The molecule has 112 valence electrons. The van der Waals surface area contributed by atoms with E-state index in [1.165, 1.54) is 12.1 Å². The summed E-state index contributed by atoms with van der Waals surface area (Å²) in [5.41, 5.74) is 0.260. The number of carbonyl (C=O) groups is 3. The molecule has 1 aliphatic rings. The van der Waals surface area contributed by atoms with Crippen LogP contribution in [0.25, 0.3) is 0 Å². The molecule has 7 heteroatoms. The van der Waals surface area contributed by atoms with Crippen molar-refractivity contribution in [2.24, 2.45) is 0 Å². The molecule has 1 aromatic rings. The lowest BCUT2D eigenvalue weighted by Gasteiger charge is -2.07. The van der Waals surface area contributed by atoms with Crippen molar-refractivity contribution in [3.8, 4) is 0 Å². The van der Waals surface area contributed by atoms with Crippen molar-refractivity contribution in [3.05, 3.63) is 35.6 Å². The van der Waals surface area contributed by atoms with E-state index in [4.69, 9.17) is 0 Å². The molecule has 0 saturated heterocycles. The van der Waals surface area contributed by atoms with Crippen LogP contribution in [0.5, 0.6) is 0 Å². The minimum Gasteiger partial charge on any atom is -0.352 e. The fraction of sp³-hybridized carbons (Fsp3) is 0.357. The Bertz CT molecular complexity index is 541. The zero-order valence-corrected chi connectivity index (χ0v) is 11.3. The van der Waals surface area contributed by atoms with E-state index < -0.39 is 17.6 Å². The highest BCUT2D eigenvalue weighted by Crippen LogP contribution is 2.18.